The zero-order valence-electron chi connectivity index (χ0n) is 70.0. The van der Waals surface area contributed by atoms with Gasteiger partial charge in [0.2, 0.25) is 6.10 Å². The Labute approximate surface area is 695 Å². The van der Waals surface area contributed by atoms with Gasteiger partial charge in [0.25, 0.3) is 5.95 Å². The van der Waals surface area contributed by atoms with Gasteiger partial charge in [-0.25, -0.2) is 28.8 Å². The molecular formula is C94H102O23Si2. The van der Waals surface area contributed by atoms with E-state index >= 15 is 0 Å². The first-order valence-corrected chi connectivity index (χ1v) is 44.7. The van der Waals surface area contributed by atoms with Gasteiger partial charge in [-0.1, -0.05) is 214 Å². The lowest BCUT2D eigenvalue weighted by atomic mass is 9.87. The lowest BCUT2D eigenvalue weighted by Gasteiger charge is -2.22. The number of Topliss-reactive ketones (excluding diaryl/α,β-unsaturated/α-hetero) is 1. The summed E-state index contributed by atoms with van der Waals surface area (Å²) in [4.78, 5) is 98.2. The summed E-state index contributed by atoms with van der Waals surface area (Å²) in [6.45, 7) is 45.9. The summed E-state index contributed by atoms with van der Waals surface area (Å²) in [6.07, 6.45) is 10.6. The number of ether oxygens (including phenoxy) is 11. The quantitative estimate of drug-likeness (QED) is 0.0339. The van der Waals surface area contributed by atoms with Gasteiger partial charge < -0.3 is 66.7 Å². The Hall–Kier alpha value is -13.4. The number of aromatic hydroxyl groups is 1. The highest BCUT2D eigenvalue weighted by Crippen LogP contribution is 2.36. The second kappa shape index (κ2) is 43.5. The molecule has 14 rings (SSSR count). The van der Waals surface area contributed by atoms with Gasteiger partial charge in [0.15, 0.2) is 40.5 Å². The molecule has 2 N–H and O–H groups in total. The molecule has 3 atom stereocenters. The van der Waals surface area contributed by atoms with Crippen LogP contribution in [-0.2, 0) is 68.1 Å². The second-order valence-electron chi connectivity index (χ2n) is 31.3. The number of cyclic esters (lactones) is 4. The van der Waals surface area contributed by atoms with E-state index in [0.717, 1.165) is 62.6 Å². The fourth-order valence-corrected chi connectivity index (χ4v) is 11.2. The summed E-state index contributed by atoms with van der Waals surface area (Å²) >= 11 is 0. The van der Waals surface area contributed by atoms with Crippen LogP contribution in [0, 0.1) is 12.8 Å². The van der Waals surface area contributed by atoms with Crippen LogP contribution in [0.15, 0.2) is 288 Å². The van der Waals surface area contributed by atoms with Crippen molar-refractivity contribution in [1.82, 2.24) is 0 Å². The smallest absolute Gasteiger partial charge is 0.359 e. The molecule has 1 saturated heterocycles. The molecule has 624 valence electrons. The minimum Gasteiger partial charge on any atom is -0.512 e. The van der Waals surface area contributed by atoms with Crippen molar-refractivity contribution >= 4 is 80.1 Å². The van der Waals surface area contributed by atoms with Gasteiger partial charge in [0.05, 0.1) is 62.1 Å². The van der Waals surface area contributed by atoms with Crippen LogP contribution in [0.4, 0.5) is 0 Å². The summed E-state index contributed by atoms with van der Waals surface area (Å²) < 4.78 is 60.5. The third-order valence-electron chi connectivity index (χ3n) is 16.5. The van der Waals surface area contributed by atoms with E-state index in [4.69, 9.17) is 48.1 Å². The van der Waals surface area contributed by atoms with Crippen molar-refractivity contribution in [2.24, 2.45) is 5.92 Å². The summed E-state index contributed by atoms with van der Waals surface area (Å²) in [5, 5.41) is 20.5. The van der Waals surface area contributed by atoms with E-state index in [-0.39, 0.29) is 46.1 Å². The van der Waals surface area contributed by atoms with E-state index in [2.05, 4.69) is 149 Å². The molecule has 7 heterocycles. The highest BCUT2D eigenvalue weighted by atomic mass is 28.3. The van der Waals surface area contributed by atoms with Gasteiger partial charge in [0.1, 0.15) is 54.5 Å². The Morgan fingerprint density at radius 1 is 0.555 bits per heavy atom. The molecule has 0 radical (unpaired) electrons. The number of aliphatic hydroxyl groups is 1. The standard InChI is InChI=1S/2C15H24OSi.C13H8O3.C12H10O2.C10H8O3.C9H6O3.C8H8O4.C6H8O3.C6H6O3/c1-12(17(5,6)7)16-14-10-8-13(9-11-14)15(2,3)4;1-15(2,3)13-7-9-14(10-8-13)16-11-12-17(4,5)6;14-13-5-6-15-11-7-9-3-1-2-4-10(9)8-12(11)16-13;1-8(2)7-11-9-5-3-4-6-10(9)12(13)14-11;1-7-12-9(10(11)13-7)8-5-3-2-4-6-8;10-9-5-6-11-7-3-1-2-4-8(7)12-9;1-4-3-6(10)7(5(2)9)8(11)12-4;2*1-4-2-5(7)3-6(8)9-4/h8-11H,1H2,2-7H3;7-12H,1-6H3;1-8H;3-7H,1H2,2H3;2-6,9H,1H2;1-6H;3,7H,1-2H3;3-4,7H,2H2,1H3;2-3,7H,1H3/b;12-11-;;11-7-;;;;;. The lowest BCUT2D eigenvalue weighted by molar-refractivity contribution is -0.152. The molecule has 7 aromatic carbocycles. The third-order valence-corrected chi connectivity index (χ3v) is 19.4. The van der Waals surface area contributed by atoms with E-state index in [1.54, 1.807) is 50.3 Å². The first kappa shape index (κ1) is 94.5. The van der Waals surface area contributed by atoms with Crippen LogP contribution in [-0.4, -0.2) is 79.8 Å². The zero-order chi connectivity index (χ0) is 88.1. The van der Waals surface area contributed by atoms with Gasteiger partial charge in [-0.3, -0.25) is 14.4 Å². The number of carbonyl (C=O) groups is 8. The number of rotatable bonds is 9. The number of hydrogen-bond donors (Lipinski definition) is 2. The normalized spacial score (nSPS) is 16.3. The van der Waals surface area contributed by atoms with Crippen molar-refractivity contribution in [3.63, 3.8) is 0 Å². The molecule has 1 fully saturated rings. The number of allylic oxidation sites excluding steroid dienone is 4. The maximum atomic E-state index is 11.4. The number of aryl methyl sites for hydroxylation is 1. The summed E-state index contributed by atoms with van der Waals surface area (Å²) in [7, 11) is -2.57. The van der Waals surface area contributed by atoms with Crippen LogP contribution in [0.5, 0.6) is 40.2 Å². The monoisotopic (exact) mass is 1650 g/mol. The molecule has 0 amide bonds. The zero-order valence-corrected chi connectivity index (χ0v) is 72.0. The number of hydrogen-bond acceptors (Lipinski definition) is 23. The van der Waals surface area contributed by atoms with Gasteiger partial charge in [-0.05, 0) is 135 Å². The van der Waals surface area contributed by atoms with Crippen molar-refractivity contribution < 1.29 is 105 Å². The predicted octanol–water partition coefficient (Wildman–Crippen LogP) is 19.8. The van der Waals surface area contributed by atoms with Crippen molar-refractivity contribution in [2.45, 2.75) is 145 Å². The first-order chi connectivity index (χ1) is 55.8. The minimum atomic E-state index is -1.41. The van der Waals surface area contributed by atoms with Gasteiger partial charge in [-0.2, -0.15) is 0 Å². The van der Waals surface area contributed by atoms with Gasteiger partial charge >= 0.3 is 41.4 Å². The average molecular weight is 1660 g/mol. The van der Waals surface area contributed by atoms with Crippen LogP contribution in [0.25, 0.3) is 16.5 Å². The Kier molecular flexibility index (Phi) is 34.6. The lowest BCUT2D eigenvalue weighted by Crippen LogP contribution is -2.33. The number of para-hydroxylation sites is 2. The van der Waals surface area contributed by atoms with Crippen LogP contribution >= 0.6 is 0 Å². The third kappa shape index (κ3) is 32.3. The largest absolute Gasteiger partial charge is 0.512 e. The Bertz CT molecular complexity index is 5220. The highest BCUT2D eigenvalue weighted by molar-refractivity contribution is 6.82. The van der Waals surface area contributed by atoms with Crippen LogP contribution < -0.4 is 34.0 Å². The molecule has 1 aromatic heterocycles. The molecular weight excluding hydrogens is 1550 g/mol. The Morgan fingerprint density at radius 3 is 1.57 bits per heavy atom. The molecule has 3 unspecified atom stereocenters. The molecule has 8 aromatic rings. The van der Waals surface area contributed by atoms with Crippen LogP contribution in [0.2, 0.25) is 39.3 Å². The molecule has 25 heteroatoms. The molecule has 119 heavy (non-hydrogen) atoms. The van der Waals surface area contributed by atoms with Crippen molar-refractivity contribution in [3.8, 4) is 40.2 Å². The summed E-state index contributed by atoms with van der Waals surface area (Å²) in [6, 6.07) is 54.1. The summed E-state index contributed by atoms with van der Waals surface area (Å²) in [5.41, 5.74) is 7.84. The van der Waals surface area contributed by atoms with E-state index in [1.165, 1.54) is 55.7 Å². The molecule has 0 bridgehead atoms. The van der Waals surface area contributed by atoms with E-state index in [1.807, 2.05) is 122 Å². The Balaban J connectivity index is 0.000000209. The van der Waals surface area contributed by atoms with Crippen LogP contribution in [0.1, 0.15) is 120 Å². The summed E-state index contributed by atoms with van der Waals surface area (Å²) in [5.74, 6) is 0.234. The fourth-order valence-electron chi connectivity index (χ4n) is 10.3. The van der Waals surface area contributed by atoms with Crippen molar-refractivity contribution in [3.05, 3.63) is 323 Å². The maximum absolute atomic E-state index is 11.4. The number of esters is 6. The SMILES string of the molecule is C=C(C)/C=C1\OC(=O)c2ccccc21.C=C(Oc1ccc(C(C)(C)C)cc1)[Si](C)(C)C.C=C1OC(=O)C(c2ccccc2)O1.CC(=O)C1C(=O)C=C(C)OC1=O.CC(C)(C)c1ccc(O/C=C\[Si](C)(C)C)cc1.CC1CC(O)=CC(=O)O1.Cc1cc(O)cc(=O)o1.O=C1C=COc2cc3ccccc3cc2O1.O=C1C=COc2ccccc2O1. The topological polar surface area (TPSA) is 309 Å². The number of carbonyl (C=O) groups excluding carboxylic acids is 8. The molecule has 0 aliphatic carbocycles. The van der Waals surface area contributed by atoms with E-state index < -0.39 is 75.2 Å². The molecule has 6 aliphatic rings. The van der Waals surface area contributed by atoms with E-state index in [9.17, 15) is 43.2 Å². The van der Waals surface area contributed by atoms with Crippen LogP contribution in [0.3, 0.4) is 0 Å². The Morgan fingerprint density at radius 2 is 1.08 bits per heavy atom. The molecule has 6 aliphatic heterocycles. The highest BCUT2D eigenvalue weighted by Gasteiger charge is 2.36. The van der Waals surface area contributed by atoms with Gasteiger partial charge in [-0.15, -0.1) is 0 Å². The molecule has 23 nitrogen and oxygen atoms in total. The number of benzene rings is 7. The average Bonchev–Trinajstić information content (AvgIpc) is 1.76. The van der Waals surface area contributed by atoms with Gasteiger partial charge in [0, 0.05) is 29.7 Å². The first-order valence-electron chi connectivity index (χ1n) is 37.6. The maximum Gasteiger partial charge on any atom is 0.359 e. The molecule has 0 saturated carbocycles. The number of fused-ring (bicyclic) bond motifs is 4. The van der Waals surface area contributed by atoms with Crippen molar-refractivity contribution in [1.29, 1.82) is 0 Å². The van der Waals surface area contributed by atoms with Crippen molar-refractivity contribution in [2.75, 3.05) is 0 Å². The van der Waals surface area contributed by atoms with E-state index in [0.29, 0.717) is 46.5 Å². The number of aliphatic hydroxyl groups excluding tert-OH is 1. The fraction of sp³-hybridized carbons (Fsp3) is 0.245. The predicted molar refractivity (Wildman–Crippen MR) is 459 cm³/mol. The molecule has 0 spiro atoms. The number of ketones is 2. The minimum absolute atomic E-state index is 0.0521. The second-order valence-corrected chi connectivity index (χ2v) is 41.5.